The fourth-order valence-electron chi connectivity index (χ4n) is 1.98. The molecule has 1 amide bonds. The van der Waals surface area contributed by atoms with Gasteiger partial charge in [-0.25, -0.2) is 14.4 Å². The fraction of sp³-hybridized carbons (Fsp3) is 0.353. The topological polar surface area (TPSA) is 66.9 Å². The molecule has 0 saturated heterocycles. The molecule has 0 aliphatic carbocycles. The minimum atomic E-state index is -0.316. The summed E-state index contributed by atoms with van der Waals surface area (Å²) in [7, 11) is 0. The van der Waals surface area contributed by atoms with Crippen LogP contribution < -0.4 is 10.6 Å². The second kappa shape index (κ2) is 8.22. The quantitative estimate of drug-likeness (QED) is 0.824. The lowest BCUT2D eigenvalue weighted by Gasteiger charge is -2.11. The Labute approximate surface area is 135 Å². The number of amides is 1. The van der Waals surface area contributed by atoms with Gasteiger partial charge in [-0.1, -0.05) is 25.1 Å². The highest BCUT2D eigenvalue weighted by atomic mass is 19.1. The van der Waals surface area contributed by atoms with Crippen LogP contribution in [-0.2, 0) is 6.42 Å². The van der Waals surface area contributed by atoms with Crippen LogP contribution in [0.5, 0.6) is 0 Å². The molecule has 0 radical (unpaired) electrons. The normalized spacial score (nSPS) is 11.8. The van der Waals surface area contributed by atoms with E-state index in [4.69, 9.17) is 0 Å². The van der Waals surface area contributed by atoms with Gasteiger partial charge in [-0.2, -0.15) is 0 Å². The third-order valence-electron chi connectivity index (χ3n) is 3.53. The Hall–Kier alpha value is -2.50. The van der Waals surface area contributed by atoms with Crippen molar-refractivity contribution in [1.29, 1.82) is 0 Å². The zero-order valence-corrected chi connectivity index (χ0v) is 13.3. The second-order valence-electron chi connectivity index (χ2n) is 5.34. The number of rotatable bonds is 7. The number of benzene rings is 1. The highest BCUT2D eigenvalue weighted by molar-refractivity contribution is 5.91. The number of anilines is 1. The first kappa shape index (κ1) is 16.9. The van der Waals surface area contributed by atoms with E-state index in [1.807, 2.05) is 6.92 Å². The molecule has 5 nitrogen and oxygen atoms in total. The van der Waals surface area contributed by atoms with Crippen LogP contribution in [0.3, 0.4) is 0 Å². The molecule has 1 aromatic carbocycles. The number of hydrogen-bond donors (Lipinski definition) is 2. The molecular formula is C17H21FN4O. The zero-order valence-electron chi connectivity index (χ0n) is 13.3. The van der Waals surface area contributed by atoms with Crippen molar-refractivity contribution in [2.45, 2.75) is 32.7 Å². The standard InChI is InChI=1S/C17H21FN4O/c1-3-12(2)22-16-11-20-15(10-21-16)17(23)19-9-8-13-6-4-5-7-14(13)18/h4-7,10-12H,3,8-9H2,1-2H3,(H,19,23)(H,21,22). The zero-order chi connectivity index (χ0) is 16.7. The van der Waals surface area contributed by atoms with Gasteiger partial charge in [0.1, 0.15) is 17.3 Å². The largest absolute Gasteiger partial charge is 0.366 e. The van der Waals surface area contributed by atoms with Crippen LogP contribution in [0.4, 0.5) is 10.2 Å². The van der Waals surface area contributed by atoms with E-state index in [0.717, 1.165) is 6.42 Å². The minimum absolute atomic E-state index is 0.244. The Kier molecular flexibility index (Phi) is 6.02. The number of hydrogen-bond acceptors (Lipinski definition) is 4. The summed E-state index contributed by atoms with van der Waals surface area (Å²) in [5.74, 6) is 0.0631. The maximum absolute atomic E-state index is 13.5. The molecule has 1 unspecified atom stereocenters. The number of carbonyl (C=O) groups excluding carboxylic acids is 1. The predicted octanol–water partition coefficient (Wildman–Crippen LogP) is 2.80. The summed E-state index contributed by atoms with van der Waals surface area (Å²) in [6, 6.07) is 6.82. The molecule has 1 heterocycles. The first-order valence-corrected chi connectivity index (χ1v) is 7.70. The van der Waals surface area contributed by atoms with Crippen molar-refractivity contribution in [3.8, 4) is 0 Å². The molecule has 1 aromatic heterocycles. The van der Waals surface area contributed by atoms with Crippen molar-refractivity contribution in [1.82, 2.24) is 15.3 Å². The SMILES string of the molecule is CCC(C)Nc1cnc(C(=O)NCCc2ccccc2F)cn1. The molecule has 0 aliphatic rings. The van der Waals surface area contributed by atoms with Crippen molar-refractivity contribution in [3.05, 3.63) is 53.7 Å². The Bertz CT molecular complexity index is 645. The summed E-state index contributed by atoms with van der Waals surface area (Å²) in [5.41, 5.74) is 0.820. The molecule has 2 aromatic rings. The Morgan fingerprint density at radius 3 is 2.70 bits per heavy atom. The molecule has 0 spiro atoms. The van der Waals surface area contributed by atoms with Crippen molar-refractivity contribution >= 4 is 11.7 Å². The first-order chi connectivity index (χ1) is 11.1. The number of halogens is 1. The lowest BCUT2D eigenvalue weighted by molar-refractivity contribution is 0.0948. The van der Waals surface area contributed by atoms with Crippen molar-refractivity contribution in [3.63, 3.8) is 0 Å². The average molecular weight is 316 g/mol. The van der Waals surface area contributed by atoms with Crippen molar-refractivity contribution in [2.75, 3.05) is 11.9 Å². The van der Waals surface area contributed by atoms with Gasteiger partial charge in [0.05, 0.1) is 12.4 Å². The molecule has 2 N–H and O–H groups in total. The molecule has 0 saturated carbocycles. The van der Waals surface area contributed by atoms with Crippen LogP contribution in [-0.4, -0.2) is 28.5 Å². The first-order valence-electron chi connectivity index (χ1n) is 7.70. The average Bonchev–Trinajstić information content (AvgIpc) is 2.57. The van der Waals surface area contributed by atoms with E-state index < -0.39 is 0 Å². The monoisotopic (exact) mass is 316 g/mol. The summed E-state index contributed by atoms with van der Waals surface area (Å²) in [6.45, 7) is 4.46. The van der Waals surface area contributed by atoms with E-state index in [1.54, 1.807) is 18.2 Å². The maximum Gasteiger partial charge on any atom is 0.271 e. The van der Waals surface area contributed by atoms with E-state index >= 15 is 0 Å². The summed E-state index contributed by atoms with van der Waals surface area (Å²) in [5, 5.41) is 5.90. The Balaban J connectivity index is 1.85. The summed E-state index contributed by atoms with van der Waals surface area (Å²) < 4.78 is 13.5. The Morgan fingerprint density at radius 2 is 2.04 bits per heavy atom. The van der Waals surface area contributed by atoms with Gasteiger partial charge in [0.2, 0.25) is 0 Å². The van der Waals surface area contributed by atoms with Crippen LogP contribution in [0.25, 0.3) is 0 Å². The predicted molar refractivity (Wildman–Crippen MR) is 87.8 cm³/mol. The van der Waals surface area contributed by atoms with E-state index in [9.17, 15) is 9.18 Å². The van der Waals surface area contributed by atoms with Crippen LogP contribution >= 0.6 is 0 Å². The highest BCUT2D eigenvalue weighted by Gasteiger charge is 2.09. The molecule has 0 bridgehead atoms. The highest BCUT2D eigenvalue weighted by Crippen LogP contribution is 2.07. The number of aromatic nitrogens is 2. The fourth-order valence-corrected chi connectivity index (χ4v) is 1.98. The third kappa shape index (κ3) is 5.02. The van der Waals surface area contributed by atoms with E-state index in [2.05, 4.69) is 27.5 Å². The van der Waals surface area contributed by atoms with Gasteiger partial charge in [-0.15, -0.1) is 0 Å². The van der Waals surface area contributed by atoms with Gasteiger partial charge in [0, 0.05) is 12.6 Å². The van der Waals surface area contributed by atoms with Gasteiger partial charge in [-0.3, -0.25) is 4.79 Å². The summed E-state index contributed by atoms with van der Waals surface area (Å²) in [6.07, 6.45) is 4.38. The molecule has 23 heavy (non-hydrogen) atoms. The summed E-state index contributed by atoms with van der Waals surface area (Å²) in [4.78, 5) is 20.3. The second-order valence-corrected chi connectivity index (χ2v) is 5.34. The van der Waals surface area contributed by atoms with Gasteiger partial charge in [0.15, 0.2) is 0 Å². The van der Waals surface area contributed by atoms with Crippen LogP contribution in [0, 0.1) is 5.82 Å². The molecular weight excluding hydrogens is 295 g/mol. The number of carbonyl (C=O) groups is 1. The summed E-state index contributed by atoms with van der Waals surface area (Å²) >= 11 is 0. The molecule has 6 heteroatoms. The van der Waals surface area contributed by atoms with Gasteiger partial charge >= 0.3 is 0 Å². The Morgan fingerprint density at radius 1 is 1.26 bits per heavy atom. The lowest BCUT2D eigenvalue weighted by atomic mass is 10.1. The van der Waals surface area contributed by atoms with E-state index in [-0.39, 0.29) is 17.4 Å². The van der Waals surface area contributed by atoms with Crippen LogP contribution in [0.1, 0.15) is 36.3 Å². The van der Waals surface area contributed by atoms with Crippen LogP contribution in [0.2, 0.25) is 0 Å². The number of nitrogens with one attached hydrogen (secondary N) is 2. The van der Waals surface area contributed by atoms with Gasteiger partial charge in [-0.05, 0) is 31.4 Å². The lowest BCUT2D eigenvalue weighted by Crippen LogP contribution is -2.27. The molecule has 0 fully saturated rings. The smallest absolute Gasteiger partial charge is 0.271 e. The van der Waals surface area contributed by atoms with Crippen LogP contribution in [0.15, 0.2) is 36.7 Å². The van der Waals surface area contributed by atoms with Gasteiger partial charge in [0.25, 0.3) is 5.91 Å². The van der Waals surface area contributed by atoms with Crippen molar-refractivity contribution < 1.29 is 9.18 Å². The number of nitrogens with zero attached hydrogens (tertiary/aromatic N) is 2. The van der Waals surface area contributed by atoms with Gasteiger partial charge < -0.3 is 10.6 Å². The third-order valence-corrected chi connectivity index (χ3v) is 3.53. The molecule has 1 atom stereocenters. The molecule has 122 valence electrons. The maximum atomic E-state index is 13.5. The van der Waals surface area contributed by atoms with E-state index in [1.165, 1.54) is 18.5 Å². The minimum Gasteiger partial charge on any atom is -0.366 e. The van der Waals surface area contributed by atoms with E-state index in [0.29, 0.717) is 30.4 Å². The molecule has 0 aliphatic heterocycles. The van der Waals surface area contributed by atoms with Crippen molar-refractivity contribution in [2.24, 2.45) is 0 Å². The molecule has 2 rings (SSSR count).